The van der Waals surface area contributed by atoms with Crippen LogP contribution in [0, 0.1) is 6.92 Å². The molecule has 0 saturated carbocycles. The number of amides is 1. The Balaban J connectivity index is 1.56. The molecule has 4 rings (SSSR count). The van der Waals surface area contributed by atoms with E-state index in [0.29, 0.717) is 23.2 Å². The number of aromatic nitrogens is 1. The molecule has 144 valence electrons. The van der Waals surface area contributed by atoms with Gasteiger partial charge in [0.05, 0.1) is 0 Å². The zero-order chi connectivity index (χ0) is 19.7. The summed E-state index contributed by atoms with van der Waals surface area (Å²) in [5.74, 6) is 0.421. The lowest BCUT2D eigenvalue weighted by atomic mass is 10.0. The maximum atomic E-state index is 11.0. The molecule has 1 atom stereocenters. The Labute approximate surface area is 163 Å². The molecule has 1 amide bonds. The van der Waals surface area contributed by atoms with E-state index >= 15 is 0 Å². The highest BCUT2D eigenvalue weighted by Gasteiger charge is 2.20. The number of hydrogen-bond donors (Lipinski definition) is 2. The zero-order valence-electron chi connectivity index (χ0n) is 16.0. The molecule has 0 spiro atoms. The Morgan fingerprint density at radius 1 is 1.11 bits per heavy atom. The maximum Gasteiger partial charge on any atom is 0.409 e. The Bertz CT molecular complexity index is 977. The van der Waals surface area contributed by atoms with E-state index in [0.717, 1.165) is 23.2 Å². The molecular formula is C22H23N3O3. The first-order chi connectivity index (χ1) is 13.5. The number of hydrogen-bond acceptors (Lipinski definition) is 4. The van der Waals surface area contributed by atoms with Crippen LogP contribution in [-0.2, 0) is 0 Å². The predicted octanol–water partition coefficient (Wildman–Crippen LogP) is 5.40. The molecule has 2 heterocycles. The van der Waals surface area contributed by atoms with Gasteiger partial charge < -0.3 is 14.5 Å². The molecule has 2 aromatic carbocycles. The average molecular weight is 377 g/mol. The van der Waals surface area contributed by atoms with Gasteiger partial charge in [-0.1, -0.05) is 41.6 Å². The van der Waals surface area contributed by atoms with Gasteiger partial charge >= 0.3 is 6.09 Å². The van der Waals surface area contributed by atoms with Crippen molar-refractivity contribution in [2.75, 3.05) is 16.8 Å². The van der Waals surface area contributed by atoms with E-state index in [4.69, 9.17) is 9.63 Å². The molecule has 0 radical (unpaired) electrons. The minimum absolute atomic E-state index is 0.379. The normalized spacial score (nSPS) is 16.4. The zero-order valence-corrected chi connectivity index (χ0v) is 16.0. The molecule has 0 bridgehead atoms. The summed E-state index contributed by atoms with van der Waals surface area (Å²) in [5.41, 5.74) is 5.16. The second kappa shape index (κ2) is 7.38. The van der Waals surface area contributed by atoms with Crippen LogP contribution in [0.25, 0.3) is 22.5 Å². The monoisotopic (exact) mass is 377 g/mol. The number of aryl methyl sites for hydroxylation is 1. The van der Waals surface area contributed by atoms with E-state index in [-0.39, 0.29) is 0 Å². The van der Waals surface area contributed by atoms with Gasteiger partial charge in [0.25, 0.3) is 0 Å². The Kier molecular flexibility index (Phi) is 4.77. The molecule has 1 aliphatic rings. The van der Waals surface area contributed by atoms with Crippen LogP contribution in [0.4, 0.5) is 16.2 Å². The maximum absolute atomic E-state index is 11.0. The van der Waals surface area contributed by atoms with Crippen LogP contribution < -0.4 is 10.2 Å². The standard InChI is InChI=1S/C22H23N3O3/c1-14-4-3-13-25(14)19-11-9-17(10-12-19)16-5-7-18(8-6-16)21-20(23-22(26)27)15(2)24-28-21/h5-12,14,23H,3-4,13H2,1-2H3,(H,26,27). The number of benzene rings is 2. The highest BCUT2D eigenvalue weighted by atomic mass is 16.5. The van der Waals surface area contributed by atoms with Crippen LogP contribution in [0.3, 0.4) is 0 Å². The van der Waals surface area contributed by atoms with E-state index < -0.39 is 6.09 Å². The van der Waals surface area contributed by atoms with Gasteiger partial charge in [0.15, 0.2) is 5.76 Å². The quantitative estimate of drug-likeness (QED) is 0.637. The van der Waals surface area contributed by atoms with Gasteiger partial charge in [-0.15, -0.1) is 0 Å². The van der Waals surface area contributed by atoms with Crippen molar-refractivity contribution in [3.05, 3.63) is 54.2 Å². The number of rotatable bonds is 4. The fraction of sp³-hybridized carbons (Fsp3) is 0.273. The molecule has 1 fully saturated rings. The fourth-order valence-corrected chi connectivity index (χ4v) is 3.80. The third-order valence-electron chi connectivity index (χ3n) is 5.33. The molecule has 1 saturated heterocycles. The van der Waals surface area contributed by atoms with Crippen molar-refractivity contribution >= 4 is 17.5 Å². The summed E-state index contributed by atoms with van der Waals surface area (Å²) in [6.07, 6.45) is 1.37. The Morgan fingerprint density at radius 2 is 1.71 bits per heavy atom. The predicted molar refractivity (Wildman–Crippen MR) is 110 cm³/mol. The van der Waals surface area contributed by atoms with Gasteiger partial charge in [-0.2, -0.15) is 0 Å². The molecule has 6 nitrogen and oxygen atoms in total. The van der Waals surface area contributed by atoms with Crippen LogP contribution in [0.2, 0.25) is 0 Å². The summed E-state index contributed by atoms with van der Waals surface area (Å²) >= 11 is 0. The highest BCUT2D eigenvalue weighted by Crippen LogP contribution is 2.33. The van der Waals surface area contributed by atoms with E-state index in [1.165, 1.54) is 18.5 Å². The lowest BCUT2D eigenvalue weighted by Crippen LogP contribution is -2.25. The molecule has 1 aliphatic heterocycles. The van der Waals surface area contributed by atoms with Crippen molar-refractivity contribution in [3.8, 4) is 22.5 Å². The minimum Gasteiger partial charge on any atom is -0.465 e. The molecule has 28 heavy (non-hydrogen) atoms. The van der Waals surface area contributed by atoms with Crippen LogP contribution in [-0.4, -0.2) is 28.9 Å². The summed E-state index contributed by atoms with van der Waals surface area (Å²) in [6, 6.07) is 17.1. The van der Waals surface area contributed by atoms with E-state index in [1.54, 1.807) is 6.92 Å². The number of carboxylic acid groups (broad SMARTS) is 1. The van der Waals surface area contributed by atoms with Crippen molar-refractivity contribution in [2.45, 2.75) is 32.7 Å². The summed E-state index contributed by atoms with van der Waals surface area (Å²) in [7, 11) is 0. The van der Waals surface area contributed by atoms with E-state index in [9.17, 15) is 4.79 Å². The summed E-state index contributed by atoms with van der Waals surface area (Å²) < 4.78 is 5.33. The van der Waals surface area contributed by atoms with E-state index in [2.05, 4.69) is 46.6 Å². The van der Waals surface area contributed by atoms with Crippen molar-refractivity contribution in [2.24, 2.45) is 0 Å². The second-order valence-electron chi connectivity index (χ2n) is 7.21. The molecule has 2 N–H and O–H groups in total. The van der Waals surface area contributed by atoms with Crippen molar-refractivity contribution in [1.82, 2.24) is 5.16 Å². The summed E-state index contributed by atoms with van der Waals surface area (Å²) in [4.78, 5) is 13.5. The van der Waals surface area contributed by atoms with Gasteiger partial charge in [-0.05, 0) is 49.9 Å². The first-order valence-corrected chi connectivity index (χ1v) is 9.46. The molecule has 6 heteroatoms. The molecule has 1 aromatic heterocycles. The third kappa shape index (κ3) is 3.45. The van der Waals surface area contributed by atoms with Crippen LogP contribution >= 0.6 is 0 Å². The number of nitrogens with zero attached hydrogens (tertiary/aromatic N) is 2. The topological polar surface area (TPSA) is 78.6 Å². The number of anilines is 2. The average Bonchev–Trinajstić information content (AvgIpc) is 3.28. The number of carbonyl (C=O) groups is 1. The van der Waals surface area contributed by atoms with Crippen LogP contribution in [0.15, 0.2) is 53.1 Å². The lowest BCUT2D eigenvalue weighted by molar-refractivity contribution is 0.209. The fourth-order valence-electron chi connectivity index (χ4n) is 3.80. The van der Waals surface area contributed by atoms with Gasteiger partial charge in [0.1, 0.15) is 11.4 Å². The van der Waals surface area contributed by atoms with Gasteiger partial charge in [-0.25, -0.2) is 4.79 Å². The largest absolute Gasteiger partial charge is 0.465 e. The Morgan fingerprint density at radius 3 is 2.29 bits per heavy atom. The SMILES string of the molecule is Cc1noc(-c2ccc(-c3ccc(N4CCCC4C)cc3)cc2)c1NC(=O)O. The van der Waals surface area contributed by atoms with Crippen molar-refractivity contribution < 1.29 is 14.4 Å². The minimum atomic E-state index is -1.14. The van der Waals surface area contributed by atoms with Gasteiger partial charge in [-0.3, -0.25) is 5.32 Å². The molecule has 1 unspecified atom stereocenters. The highest BCUT2D eigenvalue weighted by molar-refractivity contribution is 5.89. The number of nitrogens with one attached hydrogen (secondary N) is 1. The van der Waals surface area contributed by atoms with Crippen molar-refractivity contribution in [3.63, 3.8) is 0 Å². The van der Waals surface area contributed by atoms with Gasteiger partial charge in [0, 0.05) is 23.8 Å². The van der Waals surface area contributed by atoms with Gasteiger partial charge in [0.2, 0.25) is 0 Å². The third-order valence-corrected chi connectivity index (χ3v) is 5.33. The van der Waals surface area contributed by atoms with Crippen LogP contribution in [0.5, 0.6) is 0 Å². The van der Waals surface area contributed by atoms with Crippen LogP contribution in [0.1, 0.15) is 25.5 Å². The molecular weight excluding hydrogens is 354 g/mol. The first-order valence-electron chi connectivity index (χ1n) is 9.46. The molecule has 3 aromatic rings. The molecule has 0 aliphatic carbocycles. The summed E-state index contributed by atoms with van der Waals surface area (Å²) in [6.45, 7) is 5.10. The first kappa shape index (κ1) is 18.1. The smallest absolute Gasteiger partial charge is 0.409 e. The van der Waals surface area contributed by atoms with Crippen molar-refractivity contribution in [1.29, 1.82) is 0 Å². The summed E-state index contributed by atoms with van der Waals surface area (Å²) in [5, 5.41) is 15.2. The van der Waals surface area contributed by atoms with E-state index in [1.807, 2.05) is 24.3 Å². The Hall–Kier alpha value is -3.28. The second-order valence-corrected chi connectivity index (χ2v) is 7.21. The lowest BCUT2D eigenvalue weighted by Gasteiger charge is -2.24.